The van der Waals surface area contributed by atoms with Crippen LogP contribution in [0.3, 0.4) is 0 Å². The fraction of sp³-hybridized carbons (Fsp3) is 0.867. The lowest BCUT2D eigenvalue weighted by Gasteiger charge is -2.19. The quantitative estimate of drug-likeness (QED) is 0.0171. The molecule has 408 valence electrons. The second-order valence-electron chi connectivity index (χ2n) is 16.7. The molecule has 0 aliphatic carbocycles. The van der Waals surface area contributed by atoms with Gasteiger partial charge in [0, 0.05) is 56.2 Å². The summed E-state index contributed by atoms with van der Waals surface area (Å²) in [5, 5.41) is 17.8. The van der Waals surface area contributed by atoms with E-state index < -0.39 is 11.7 Å². The van der Waals surface area contributed by atoms with Gasteiger partial charge in [-0.2, -0.15) is 11.8 Å². The standard InChI is InChI=1S/C45H86N8O16S/c1-45(2,3)69-44(57)50-12-17-61-20-23-64-26-29-65-28-25-63-22-19-60-16-11-49-41(55)8-13-58-18-21-62-24-27-66-30-31-67-32-33-68-35-37(53-46)34-47-9-14-59-15-10-48-40(54)7-5-4-6-39-42-38(36-70-39)51-43(56)52-42/h34,38-39,42,47,53H,4-33,35-36,46H2,1-3H3,(H,48,54)(H,49,55)(H,50,57)(H2,51,52,56)/b37-34-/t38?,39-,42+/m0/s1. The number of fused-ring (bicyclic) bond motifs is 1. The fourth-order valence-corrected chi connectivity index (χ4v) is 7.82. The highest BCUT2D eigenvalue weighted by Crippen LogP contribution is 2.33. The maximum absolute atomic E-state index is 12.1. The molecule has 2 rings (SSSR count). The second kappa shape index (κ2) is 43.3. The van der Waals surface area contributed by atoms with Crippen LogP contribution in [0.15, 0.2) is 11.9 Å². The van der Waals surface area contributed by atoms with Crippen LogP contribution < -0.4 is 43.2 Å². The Morgan fingerprint density at radius 2 is 1.03 bits per heavy atom. The Kier molecular flexibility index (Phi) is 38.8. The van der Waals surface area contributed by atoms with Crippen molar-refractivity contribution in [2.45, 2.75) is 75.8 Å². The molecule has 9 N–H and O–H groups in total. The Labute approximate surface area is 418 Å². The van der Waals surface area contributed by atoms with Crippen LogP contribution in [0.1, 0.15) is 52.9 Å². The number of urea groups is 1. The molecule has 2 saturated heterocycles. The van der Waals surface area contributed by atoms with Gasteiger partial charge in [0.1, 0.15) is 5.60 Å². The summed E-state index contributed by atoms with van der Waals surface area (Å²) in [6, 6.07) is 0.365. The number of alkyl carbamates (subject to hydrolysis) is 1. The van der Waals surface area contributed by atoms with Gasteiger partial charge >= 0.3 is 12.1 Å². The monoisotopic (exact) mass is 1030 g/mol. The van der Waals surface area contributed by atoms with E-state index in [1.807, 2.05) is 11.8 Å². The lowest BCUT2D eigenvalue weighted by atomic mass is 10.0. The summed E-state index contributed by atoms with van der Waals surface area (Å²) in [5.41, 5.74) is 2.75. The van der Waals surface area contributed by atoms with E-state index in [2.05, 4.69) is 37.3 Å². The molecule has 2 aliphatic heterocycles. The van der Waals surface area contributed by atoms with Crippen molar-refractivity contribution in [2.24, 2.45) is 5.84 Å². The number of thioether (sulfide) groups is 1. The van der Waals surface area contributed by atoms with Gasteiger partial charge in [-0.15, -0.1) is 0 Å². The highest BCUT2D eigenvalue weighted by Gasteiger charge is 2.42. The van der Waals surface area contributed by atoms with Crippen molar-refractivity contribution in [1.82, 2.24) is 37.3 Å². The summed E-state index contributed by atoms with van der Waals surface area (Å²) in [5.74, 6) is 6.45. The maximum atomic E-state index is 12.1. The Morgan fingerprint density at radius 1 is 0.586 bits per heavy atom. The van der Waals surface area contributed by atoms with Crippen molar-refractivity contribution in [3.63, 3.8) is 0 Å². The smallest absolute Gasteiger partial charge is 0.407 e. The minimum absolute atomic E-state index is 0.0251. The number of nitrogens with one attached hydrogen (secondary N) is 7. The first-order chi connectivity index (χ1) is 34.1. The minimum Gasteiger partial charge on any atom is -0.444 e. The second-order valence-corrected chi connectivity index (χ2v) is 18.0. The molecule has 70 heavy (non-hydrogen) atoms. The highest BCUT2D eigenvalue weighted by molar-refractivity contribution is 8.00. The molecule has 3 atom stereocenters. The van der Waals surface area contributed by atoms with E-state index in [0.29, 0.717) is 182 Å². The van der Waals surface area contributed by atoms with Crippen LogP contribution in [0.25, 0.3) is 0 Å². The van der Waals surface area contributed by atoms with Crippen LogP contribution in [0.5, 0.6) is 0 Å². The predicted molar refractivity (Wildman–Crippen MR) is 261 cm³/mol. The Bertz CT molecular complexity index is 1380. The Balaban J connectivity index is 1.20. The van der Waals surface area contributed by atoms with E-state index in [1.54, 1.807) is 27.0 Å². The first-order valence-corrected chi connectivity index (χ1v) is 25.6. The molecule has 2 aliphatic rings. The SMILES string of the molecule is CC(C)(C)OC(=O)NCCOCCOCCOCCOCCOCCNC(=O)CCOCCOCCOCCOCCOC/C(=C/NCCOCCNC(=O)CCCC[C@@H]1SCC2NC(=O)N[C@H]21)NN. The molecule has 25 heteroatoms. The molecule has 0 spiro atoms. The summed E-state index contributed by atoms with van der Waals surface area (Å²) in [4.78, 5) is 47.2. The largest absolute Gasteiger partial charge is 0.444 e. The van der Waals surface area contributed by atoms with Crippen molar-refractivity contribution in [3.05, 3.63) is 11.9 Å². The zero-order chi connectivity index (χ0) is 50.6. The zero-order valence-electron chi connectivity index (χ0n) is 42.0. The minimum atomic E-state index is -0.528. The van der Waals surface area contributed by atoms with Gasteiger partial charge < -0.3 is 94.2 Å². The molecule has 1 unspecified atom stereocenters. The number of carbonyl (C=O) groups excluding carboxylic acids is 4. The van der Waals surface area contributed by atoms with Crippen LogP contribution in [-0.2, 0) is 66.4 Å². The summed E-state index contributed by atoms with van der Waals surface area (Å²) in [6.45, 7) is 16.2. The van der Waals surface area contributed by atoms with Gasteiger partial charge in [0.05, 0.1) is 163 Å². The van der Waals surface area contributed by atoms with Crippen LogP contribution in [0, 0.1) is 0 Å². The van der Waals surface area contributed by atoms with E-state index in [1.165, 1.54) is 0 Å². The summed E-state index contributed by atoms with van der Waals surface area (Å²) in [6.07, 6.45) is 4.78. The molecule has 5 amide bonds. The Morgan fingerprint density at radius 3 is 1.54 bits per heavy atom. The van der Waals surface area contributed by atoms with Gasteiger partial charge in [-0.3, -0.25) is 15.4 Å². The predicted octanol–water partition coefficient (Wildman–Crippen LogP) is -0.0637. The molecule has 24 nitrogen and oxygen atoms in total. The highest BCUT2D eigenvalue weighted by atomic mass is 32.2. The number of carbonyl (C=O) groups is 4. The first-order valence-electron chi connectivity index (χ1n) is 24.5. The van der Waals surface area contributed by atoms with E-state index in [0.717, 1.165) is 25.0 Å². The number of unbranched alkanes of at least 4 members (excludes halogenated alkanes) is 1. The number of hydrogen-bond acceptors (Lipinski definition) is 20. The number of amides is 5. The van der Waals surface area contributed by atoms with Crippen molar-refractivity contribution in [3.8, 4) is 0 Å². The molecular weight excluding hydrogens is 941 g/mol. The normalized spacial score (nSPS) is 16.7. The van der Waals surface area contributed by atoms with Gasteiger partial charge in [-0.1, -0.05) is 6.42 Å². The van der Waals surface area contributed by atoms with Gasteiger partial charge in [0.15, 0.2) is 0 Å². The number of rotatable bonds is 48. The van der Waals surface area contributed by atoms with Gasteiger partial charge in [0.2, 0.25) is 11.8 Å². The summed E-state index contributed by atoms with van der Waals surface area (Å²) < 4.78 is 65.6. The Hall–Kier alpha value is -3.31. The molecule has 0 radical (unpaired) electrons. The molecule has 0 aromatic heterocycles. The average Bonchev–Trinajstić information content (AvgIpc) is 3.89. The number of ether oxygens (including phenoxy) is 12. The van der Waals surface area contributed by atoms with Crippen LogP contribution in [0.2, 0.25) is 0 Å². The van der Waals surface area contributed by atoms with Crippen molar-refractivity contribution >= 4 is 35.7 Å². The van der Waals surface area contributed by atoms with E-state index in [9.17, 15) is 19.2 Å². The van der Waals surface area contributed by atoms with Gasteiger partial charge in [0.25, 0.3) is 0 Å². The summed E-state index contributed by atoms with van der Waals surface area (Å²) in [7, 11) is 0. The molecule has 0 bridgehead atoms. The van der Waals surface area contributed by atoms with Crippen molar-refractivity contribution in [2.75, 3.05) is 177 Å². The molecule has 0 aromatic carbocycles. The molecule has 2 heterocycles. The third-order valence-corrected chi connectivity index (χ3v) is 11.2. The number of nitrogens with two attached hydrogens (primary N) is 1. The van der Waals surface area contributed by atoms with Gasteiger partial charge in [-0.05, 0) is 33.6 Å². The van der Waals surface area contributed by atoms with Crippen LogP contribution in [0.4, 0.5) is 9.59 Å². The third-order valence-electron chi connectivity index (χ3n) is 9.69. The molecule has 0 aromatic rings. The molecule has 2 fully saturated rings. The molecule has 0 saturated carbocycles. The topological polar surface area (TPSA) is 289 Å². The van der Waals surface area contributed by atoms with E-state index in [4.69, 9.17) is 62.7 Å². The molecular formula is C45H86N8O16S. The third kappa shape index (κ3) is 37.5. The van der Waals surface area contributed by atoms with E-state index >= 15 is 0 Å². The maximum Gasteiger partial charge on any atom is 0.407 e. The fourth-order valence-electron chi connectivity index (χ4n) is 6.28. The van der Waals surface area contributed by atoms with Crippen LogP contribution >= 0.6 is 11.8 Å². The average molecular weight is 1030 g/mol. The number of hydrazine groups is 1. The van der Waals surface area contributed by atoms with Crippen molar-refractivity contribution < 1.29 is 76.0 Å². The number of hydrogen-bond donors (Lipinski definition) is 8. The summed E-state index contributed by atoms with van der Waals surface area (Å²) >= 11 is 1.89. The van der Waals surface area contributed by atoms with Gasteiger partial charge in [-0.25, -0.2) is 9.59 Å². The lowest BCUT2D eigenvalue weighted by molar-refractivity contribution is -0.123. The first kappa shape index (κ1) is 62.8. The van der Waals surface area contributed by atoms with Crippen LogP contribution in [-0.4, -0.2) is 224 Å². The van der Waals surface area contributed by atoms with E-state index in [-0.39, 0.29) is 43.0 Å². The lowest BCUT2D eigenvalue weighted by Crippen LogP contribution is -2.36. The van der Waals surface area contributed by atoms with Crippen molar-refractivity contribution in [1.29, 1.82) is 0 Å². The zero-order valence-corrected chi connectivity index (χ0v) is 42.8.